The van der Waals surface area contributed by atoms with Crippen LogP contribution in [0.2, 0.25) is 0 Å². The van der Waals surface area contributed by atoms with E-state index < -0.39 is 12.1 Å². The number of amides is 1. The molecule has 0 spiro atoms. The third-order valence-electron chi connectivity index (χ3n) is 9.68. The van der Waals surface area contributed by atoms with Gasteiger partial charge in [-0.2, -0.15) is 0 Å². The highest BCUT2D eigenvalue weighted by Gasteiger charge is 2.29. The Kier molecular flexibility index (Phi) is 14.9. The van der Waals surface area contributed by atoms with Gasteiger partial charge in [0.05, 0.1) is 5.71 Å². The van der Waals surface area contributed by atoms with Crippen LogP contribution < -0.4 is 5.32 Å². The molecule has 1 aliphatic heterocycles. The van der Waals surface area contributed by atoms with Crippen LogP contribution in [0.1, 0.15) is 125 Å². The molecule has 2 N–H and O–H groups in total. The van der Waals surface area contributed by atoms with Gasteiger partial charge in [-0.05, 0) is 17.5 Å². The molecule has 0 radical (unpaired) electrons. The maximum Gasteiger partial charge on any atom is 0.348 e. The van der Waals surface area contributed by atoms with Crippen molar-refractivity contribution in [1.82, 2.24) is 14.9 Å². The molecule has 0 fully saturated rings. The highest BCUT2D eigenvalue weighted by Crippen LogP contribution is 2.31. The molecule has 8 heteroatoms. The van der Waals surface area contributed by atoms with E-state index in [2.05, 4.69) is 22.0 Å². The van der Waals surface area contributed by atoms with E-state index in [4.69, 9.17) is 9.82 Å². The van der Waals surface area contributed by atoms with Crippen LogP contribution in [0.15, 0.2) is 90.1 Å². The molecule has 5 rings (SSSR count). The fraction of sp³-hybridized carbons (Fsp3) is 0.442. The molecular weight excluding hydrogens is 636 g/mol. The van der Waals surface area contributed by atoms with E-state index in [1.807, 2.05) is 84.9 Å². The Labute approximate surface area is 303 Å². The van der Waals surface area contributed by atoms with Gasteiger partial charge < -0.3 is 19.8 Å². The number of carbonyl (C=O) groups excluding carboxylic acids is 1. The molecule has 4 aromatic rings. The zero-order chi connectivity index (χ0) is 35.7. The molecule has 0 saturated heterocycles. The zero-order valence-corrected chi connectivity index (χ0v) is 30.2. The van der Waals surface area contributed by atoms with Gasteiger partial charge >= 0.3 is 5.97 Å². The fourth-order valence-electron chi connectivity index (χ4n) is 6.74. The summed E-state index contributed by atoms with van der Waals surface area (Å²) in [5, 5.41) is 16.5. The Bertz CT molecular complexity index is 1680. The number of unbranched alkanes of at least 4 members (excludes halogenated alkanes) is 13. The average Bonchev–Trinajstić information content (AvgIpc) is 3.81. The van der Waals surface area contributed by atoms with E-state index in [0.29, 0.717) is 30.2 Å². The summed E-state index contributed by atoms with van der Waals surface area (Å²) in [7, 11) is 0. The van der Waals surface area contributed by atoms with E-state index in [1.54, 1.807) is 0 Å². The highest BCUT2D eigenvalue weighted by molar-refractivity contribution is 6.04. The summed E-state index contributed by atoms with van der Waals surface area (Å²) < 4.78 is 2.09. The number of imidazole rings is 1. The lowest BCUT2D eigenvalue weighted by Crippen LogP contribution is -2.26. The maximum atomic E-state index is 14.1. The smallest absolute Gasteiger partial charge is 0.348 e. The zero-order valence-electron chi connectivity index (χ0n) is 30.2. The van der Waals surface area contributed by atoms with E-state index in [1.165, 1.54) is 77.0 Å². The quantitative estimate of drug-likeness (QED) is 0.0799. The van der Waals surface area contributed by atoms with Gasteiger partial charge in [0.2, 0.25) is 6.10 Å². The number of oxime groups is 1. The second kappa shape index (κ2) is 20.2. The molecule has 3 aromatic carbocycles. The van der Waals surface area contributed by atoms with Gasteiger partial charge in [0, 0.05) is 30.6 Å². The van der Waals surface area contributed by atoms with Gasteiger partial charge in [-0.25, -0.2) is 9.78 Å². The Morgan fingerprint density at radius 3 is 1.84 bits per heavy atom. The van der Waals surface area contributed by atoms with Crippen LogP contribution in [-0.2, 0) is 22.7 Å². The fourth-order valence-corrected chi connectivity index (χ4v) is 6.74. The van der Waals surface area contributed by atoms with E-state index >= 15 is 0 Å². The summed E-state index contributed by atoms with van der Waals surface area (Å²) in [5.41, 5.74) is 5.41. The van der Waals surface area contributed by atoms with Crippen LogP contribution in [-0.4, -0.2) is 38.3 Å². The molecule has 1 unspecified atom stereocenters. The topological polar surface area (TPSA) is 106 Å². The number of carbonyl (C=O) groups is 2. The van der Waals surface area contributed by atoms with Crippen molar-refractivity contribution in [3.05, 3.63) is 102 Å². The van der Waals surface area contributed by atoms with Crippen molar-refractivity contribution in [3.8, 4) is 22.6 Å². The summed E-state index contributed by atoms with van der Waals surface area (Å²) in [5.74, 6) is -0.453. The van der Waals surface area contributed by atoms with Crippen molar-refractivity contribution in [3.63, 3.8) is 0 Å². The SMILES string of the molecule is CCCCCCCCCCCCCCCCn1c(-c2ccc(C3=NOC(C(=O)O)C3)cc2)nc(-c2ccccc2)c1C(=O)NCc1ccccc1. The van der Waals surface area contributed by atoms with Gasteiger partial charge in [0.25, 0.3) is 5.91 Å². The molecule has 1 aliphatic rings. The molecule has 0 aliphatic carbocycles. The minimum atomic E-state index is -1.03. The Morgan fingerprint density at radius 1 is 0.725 bits per heavy atom. The number of carboxylic acid groups (broad SMARTS) is 1. The maximum absolute atomic E-state index is 14.1. The number of aromatic nitrogens is 2. The van der Waals surface area contributed by atoms with Crippen molar-refractivity contribution in [2.75, 3.05) is 0 Å². The summed E-state index contributed by atoms with van der Waals surface area (Å²) in [6, 6.07) is 27.6. The second-order valence-electron chi connectivity index (χ2n) is 13.7. The molecule has 2 heterocycles. The summed E-state index contributed by atoms with van der Waals surface area (Å²) in [6.45, 7) is 3.36. The molecule has 8 nitrogen and oxygen atoms in total. The summed E-state index contributed by atoms with van der Waals surface area (Å²) >= 11 is 0. The van der Waals surface area contributed by atoms with E-state index in [9.17, 15) is 14.7 Å². The third-order valence-corrected chi connectivity index (χ3v) is 9.68. The second-order valence-corrected chi connectivity index (χ2v) is 13.7. The van der Waals surface area contributed by atoms with Crippen molar-refractivity contribution in [2.45, 2.75) is 122 Å². The largest absolute Gasteiger partial charge is 0.478 e. The molecular formula is C43H54N4O4. The number of hydrogen-bond donors (Lipinski definition) is 2. The van der Waals surface area contributed by atoms with Gasteiger partial charge in [-0.15, -0.1) is 0 Å². The number of benzene rings is 3. The van der Waals surface area contributed by atoms with Crippen molar-refractivity contribution in [1.29, 1.82) is 0 Å². The van der Waals surface area contributed by atoms with Crippen LogP contribution in [0.25, 0.3) is 22.6 Å². The monoisotopic (exact) mass is 690 g/mol. The predicted molar refractivity (Wildman–Crippen MR) is 205 cm³/mol. The number of aliphatic carboxylic acids is 1. The molecule has 51 heavy (non-hydrogen) atoms. The minimum Gasteiger partial charge on any atom is -0.478 e. The molecule has 270 valence electrons. The highest BCUT2D eigenvalue weighted by atomic mass is 16.7. The van der Waals surface area contributed by atoms with Gasteiger partial charge in [0.15, 0.2) is 0 Å². The van der Waals surface area contributed by atoms with Crippen molar-refractivity contribution >= 4 is 17.6 Å². The van der Waals surface area contributed by atoms with Crippen LogP contribution in [0, 0.1) is 0 Å². The van der Waals surface area contributed by atoms with Crippen molar-refractivity contribution in [2.24, 2.45) is 5.16 Å². The standard InChI is InChI=1S/C43H54N4O4/c1-2-3-4-5-6-7-8-9-10-11-12-13-14-21-30-47-40(42(48)44-32-33-22-17-15-18-23-33)39(35-24-19-16-20-25-35)45-41(47)36-28-26-34(27-29-36)37-31-38(43(49)50)51-46-37/h15-20,22-29,38H,2-14,21,30-32H2,1H3,(H,44,48)(H,49,50). The number of nitrogens with one attached hydrogen (secondary N) is 1. The molecule has 1 atom stereocenters. The first kappa shape index (κ1) is 37.5. The van der Waals surface area contributed by atoms with Crippen LogP contribution in [0.3, 0.4) is 0 Å². The van der Waals surface area contributed by atoms with Crippen molar-refractivity contribution < 1.29 is 19.5 Å². The first-order valence-electron chi connectivity index (χ1n) is 19.1. The normalized spacial score (nSPS) is 13.9. The molecule has 1 amide bonds. The average molecular weight is 691 g/mol. The Hall–Kier alpha value is -4.72. The first-order chi connectivity index (χ1) is 25.0. The lowest BCUT2D eigenvalue weighted by Gasteiger charge is -2.14. The lowest BCUT2D eigenvalue weighted by atomic mass is 10.0. The van der Waals surface area contributed by atoms with E-state index in [-0.39, 0.29) is 12.3 Å². The first-order valence-corrected chi connectivity index (χ1v) is 19.1. The Balaban J connectivity index is 1.29. The van der Waals surface area contributed by atoms with Crippen LogP contribution in [0.5, 0.6) is 0 Å². The Morgan fingerprint density at radius 2 is 1.27 bits per heavy atom. The lowest BCUT2D eigenvalue weighted by molar-refractivity contribution is -0.148. The van der Waals surface area contributed by atoms with Gasteiger partial charge in [-0.1, -0.05) is 180 Å². The molecule has 1 aromatic heterocycles. The van der Waals surface area contributed by atoms with Gasteiger partial charge in [0.1, 0.15) is 17.2 Å². The number of rotatable bonds is 22. The summed E-state index contributed by atoms with van der Waals surface area (Å²) in [6.07, 6.45) is 17.2. The summed E-state index contributed by atoms with van der Waals surface area (Å²) in [4.78, 5) is 35.7. The number of hydrogen-bond acceptors (Lipinski definition) is 5. The third kappa shape index (κ3) is 11.1. The molecule has 0 bridgehead atoms. The number of nitrogens with zero attached hydrogens (tertiary/aromatic N) is 3. The minimum absolute atomic E-state index is 0.157. The van der Waals surface area contributed by atoms with Crippen LogP contribution >= 0.6 is 0 Å². The van der Waals surface area contributed by atoms with E-state index in [0.717, 1.165) is 40.9 Å². The predicted octanol–water partition coefficient (Wildman–Crippen LogP) is 10.2. The number of carboxylic acids is 1. The van der Waals surface area contributed by atoms with Crippen LogP contribution in [0.4, 0.5) is 0 Å². The van der Waals surface area contributed by atoms with Gasteiger partial charge in [-0.3, -0.25) is 4.79 Å². The molecule has 0 saturated carbocycles.